The molecule has 5 nitrogen and oxygen atoms in total. The Hall–Kier alpha value is -2.46. The molecule has 32 heavy (non-hydrogen) atoms. The number of halogens is 4. The SMILES string of the molecule is Cc1c(Sc2cccc(C(C)(O)O)c2)c2ccc(Cl)cc2n1-c1cnn(CC(F)(F)F)c1. The van der Waals surface area contributed by atoms with Crippen molar-refractivity contribution in [3.05, 3.63) is 71.1 Å². The average Bonchev–Trinajstić information content (AvgIpc) is 3.22. The smallest absolute Gasteiger partial charge is 0.362 e. The molecule has 0 saturated heterocycles. The van der Waals surface area contributed by atoms with Gasteiger partial charge in [0, 0.05) is 37.7 Å². The number of benzene rings is 2. The van der Waals surface area contributed by atoms with Gasteiger partial charge in [0.15, 0.2) is 5.79 Å². The van der Waals surface area contributed by atoms with Crippen LogP contribution in [0.4, 0.5) is 13.2 Å². The van der Waals surface area contributed by atoms with Crippen LogP contribution in [-0.4, -0.2) is 30.7 Å². The third-order valence-corrected chi connectivity index (χ3v) is 6.37. The molecule has 2 N–H and O–H groups in total. The van der Waals surface area contributed by atoms with Gasteiger partial charge in [-0.1, -0.05) is 41.6 Å². The predicted molar refractivity (Wildman–Crippen MR) is 117 cm³/mol. The van der Waals surface area contributed by atoms with Gasteiger partial charge in [0.05, 0.1) is 17.4 Å². The summed E-state index contributed by atoms with van der Waals surface area (Å²) in [6, 6.07) is 12.2. The summed E-state index contributed by atoms with van der Waals surface area (Å²) in [4.78, 5) is 1.65. The number of hydrogen-bond donors (Lipinski definition) is 2. The van der Waals surface area contributed by atoms with Crippen molar-refractivity contribution in [2.24, 2.45) is 0 Å². The minimum Gasteiger partial charge on any atom is -0.362 e. The molecule has 0 aliphatic heterocycles. The van der Waals surface area contributed by atoms with Gasteiger partial charge in [-0.25, -0.2) is 0 Å². The summed E-state index contributed by atoms with van der Waals surface area (Å²) in [6.07, 6.45) is -1.64. The first-order valence-corrected chi connectivity index (χ1v) is 10.7. The Balaban J connectivity index is 1.82. The number of alkyl halides is 3. The van der Waals surface area contributed by atoms with Crippen LogP contribution in [0, 0.1) is 6.92 Å². The topological polar surface area (TPSA) is 63.2 Å². The molecule has 2 aromatic heterocycles. The van der Waals surface area contributed by atoms with Crippen LogP contribution in [0.15, 0.2) is 64.6 Å². The molecule has 0 unspecified atom stereocenters. The van der Waals surface area contributed by atoms with Crippen LogP contribution in [0.25, 0.3) is 16.6 Å². The van der Waals surface area contributed by atoms with Crippen LogP contribution in [0.2, 0.25) is 5.02 Å². The van der Waals surface area contributed by atoms with Gasteiger partial charge in [0.1, 0.15) is 6.54 Å². The third kappa shape index (κ3) is 4.66. The number of aliphatic hydroxyl groups is 2. The Morgan fingerprint density at radius 3 is 2.56 bits per heavy atom. The molecule has 0 amide bonds. The lowest BCUT2D eigenvalue weighted by Crippen LogP contribution is -2.19. The molecule has 0 atom stereocenters. The fourth-order valence-electron chi connectivity index (χ4n) is 3.53. The number of rotatable bonds is 5. The van der Waals surface area contributed by atoms with E-state index in [-0.39, 0.29) is 0 Å². The van der Waals surface area contributed by atoms with Crippen molar-refractivity contribution < 1.29 is 23.4 Å². The zero-order valence-corrected chi connectivity index (χ0v) is 18.6. The minimum absolute atomic E-state index is 0.348. The maximum absolute atomic E-state index is 12.8. The van der Waals surface area contributed by atoms with Gasteiger partial charge < -0.3 is 14.8 Å². The first-order chi connectivity index (χ1) is 14.9. The second-order valence-electron chi connectivity index (χ2n) is 7.57. The van der Waals surface area contributed by atoms with Gasteiger partial charge in [0.25, 0.3) is 0 Å². The molecular formula is C22H19ClF3N3O2S. The van der Waals surface area contributed by atoms with E-state index >= 15 is 0 Å². The normalized spacial score (nSPS) is 12.6. The Morgan fingerprint density at radius 1 is 1.12 bits per heavy atom. The zero-order valence-electron chi connectivity index (χ0n) is 17.1. The van der Waals surface area contributed by atoms with Crippen molar-refractivity contribution in [1.82, 2.24) is 14.3 Å². The quantitative estimate of drug-likeness (QED) is 0.361. The lowest BCUT2D eigenvalue weighted by molar-refractivity contribution is -0.152. The summed E-state index contributed by atoms with van der Waals surface area (Å²) in [7, 11) is 0. The van der Waals surface area contributed by atoms with E-state index in [1.807, 2.05) is 23.6 Å². The van der Waals surface area contributed by atoms with Gasteiger partial charge in [-0.15, -0.1) is 0 Å². The van der Waals surface area contributed by atoms with Crippen LogP contribution in [0.1, 0.15) is 18.2 Å². The standard InChI is InChI=1S/C22H19ClF3N3O2S/c1-13-20(32-17-5-3-4-14(8-17)21(2,30)31)18-7-6-15(23)9-19(18)29(13)16-10-27-28(11-16)12-22(24,25)26/h3-11,30-31H,12H2,1-2H3. The molecule has 0 saturated carbocycles. The summed E-state index contributed by atoms with van der Waals surface area (Å²) < 4.78 is 41.0. The predicted octanol–water partition coefficient (Wildman–Crippen LogP) is 5.66. The van der Waals surface area contributed by atoms with E-state index in [9.17, 15) is 23.4 Å². The number of hydrogen-bond acceptors (Lipinski definition) is 4. The maximum Gasteiger partial charge on any atom is 0.408 e. The van der Waals surface area contributed by atoms with Crippen LogP contribution < -0.4 is 0 Å². The van der Waals surface area contributed by atoms with Gasteiger partial charge in [-0.05, 0) is 38.1 Å². The van der Waals surface area contributed by atoms with Crippen LogP contribution >= 0.6 is 23.4 Å². The second kappa shape index (κ2) is 8.15. The maximum atomic E-state index is 12.8. The molecule has 0 spiro atoms. The highest BCUT2D eigenvalue weighted by molar-refractivity contribution is 7.99. The molecule has 4 aromatic rings. The highest BCUT2D eigenvalue weighted by atomic mass is 35.5. The summed E-state index contributed by atoms with van der Waals surface area (Å²) in [5, 5.41) is 25.0. The van der Waals surface area contributed by atoms with Gasteiger partial charge in [0.2, 0.25) is 0 Å². The van der Waals surface area contributed by atoms with E-state index in [0.29, 0.717) is 16.3 Å². The summed E-state index contributed by atoms with van der Waals surface area (Å²) in [5.74, 6) is -1.97. The summed E-state index contributed by atoms with van der Waals surface area (Å²) in [6.45, 7) is 1.97. The molecule has 0 aliphatic carbocycles. The molecule has 0 fully saturated rings. The van der Waals surface area contributed by atoms with Crippen LogP contribution in [-0.2, 0) is 12.3 Å². The summed E-state index contributed by atoms with van der Waals surface area (Å²) in [5.41, 5.74) is 2.35. The van der Waals surface area contributed by atoms with Crippen LogP contribution in [0.3, 0.4) is 0 Å². The van der Waals surface area contributed by atoms with E-state index in [1.54, 1.807) is 30.3 Å². The largest absolute Gasteiger partial charge is 0.408 e. The fourth-order valence-corrected chi connectivity index (χ4v) is 4.79. The van der Waals surface area contributed by atoms with E-state index in [2.05, 4.69) is 5.10 Å². The van der Waals surface area contributed by atoms with E-state index in [0.717, 1.165) is 31.1 Å². The lowest BCUT2D eigenvalue weighted by atomic mass is 10.1. The number of fused-ring (bicyclic) bond motifs is 1. The minimum atomic E-state index is -4.37. The number of aromatic nitrogens is 3. The molecular weight excluding hydrogens is 463 g/mol. The van der Waals surface area contributed by atoms with Crippen molar-refractivity contribution in [1.29, 1.82) is 0 Å². The van der Waals surface area contributed by atoms with Crippen molar-refractivity contribution in [2.45, 2.75) is 42.1 Å². The fraction of sp³-hybridized carbons (Fsp3) is 0.227. The molecule has 2 heterocycles. The lowest BCUT2D eigenvalue weighted by Gasteiger charge is -2.17. The molecule has 10 heteroatoms. The molecule has 4 rings (SSSR count). The Bertz CT molecular complexity index is 1290. The van der Waals surface area contributed by atoms with E-state index in [4.69, 9.17) is 11.6 Å². The molecule has 168 valence electrons. The monoisotopic (exact) mass is 481 g/mol. The number of nitrogens with zero attached hydrogens (tertiary/aromatic N) is 3. The highest BCUT2D eigenvalue weighted by Gasteiger charge is 2.29. The van der Waals surface area contributed by atoms with Crippen molar-refractivity contribution >= 4 is 34.3 Å². The molecule has 0 bridgehead atoms. The van der Waals surface area contributed by atoms with Crippen LogP contribution in [0.5, 0.6) is 0 Å². The van der Waals surface area contributed by atoms with Gasteiger partial charge >= 0.3 is 6.18 Å². The average molecular weight is 482 g/mol. The first-order valence-electron chi connectivity index (χ1n) is 9.56. The Kier molecular flexibility index (Phi) is 5.79. The Morgan fingerprint density at radius 2 is 1.88 bits per heavy atom. The second-order valence-corrected chi connectivity index (χ2v) is 9.09. The first kappa shape index (κ1) is 22.7. The Labute approximate surface area is 191 Å². The third-order valence-electron chi connectivity index (χ3n) is 4.93. The van der Waals surface area contributed by atoms with E-state index < -0.39 is 18.5 Å². The van der Waals surface area contributed by atoms with Crippen molar-refractivity contribution in [3.63, 3.8) is 0 Å². The molecule has 0 aliphatic rings. The molecule has 0 radical (unpaired) electrons. The van der Waals surface area contributed by atoms with E-state index in [1.165, 1.54) is 31.1 Å². The zero-order chi connectivity index (χ0) is 23.3. The van der Waals surface area contributed by atoms with Gasteiger partial charge in [-0.3, -0.25) is 4.68 Å². The van der Waals surface area contributed by atoms with Crippen molar-refractivity contribution in [3.8, 4) is 5.69 Å². The molecule has 2 aromatic carbocycles. The summed E-state index contributed by atoms with van der Waals surface area (Å²) >= 11 is 7.64. The highest BCUT2D eigenvalue weighted by Crippen LogP contribution is 2.41. The van der Waals surface area contributed by atoms with Gasteiger partial charge in [-0.2, -0.15) is 18.3 Å². The van der Waals surface area contributed by atoms with Crippen molar-refractivity contribution in [2.75, 3.05) is 0 Å².